The van der Waals surface area contributed by atoms with Crippen LogP contribution in [0.3, 0.4) is 0 Å². The Kier molecular flexibility index (Phi) is 3.77. The normalized spacial score (nSPS) is 11.2. The Morgan fingerprint density at radius 2 is 2.25 bits per heavy atom. The van der Waals surface area contributed by atoms with Gasteiger partial charge in [0.1, 0.15) is 0 Å². The van der Waals surface area contributed by atoms with E-state index >= 15 is 0 Å². The van der Waals surface area contributed by atoms with Crippen LogP contribution in [0.4, 0.5) is 5.69 Å². The molecule has 0 aliphatic carbocycles. The summed E-state index contributed by atoms with van der Waals surface area (Å²) in [7, 11) is 0. The van der Waals surface area contributed by atoms with Crippen molar-refractivity contribution in [1.82, 2.24) is 0 Å². The minimum atomic E-state index is -1.01. The maximum atomic E-state index is 10.8. The first-order valence-corrected chi connectivity index (χ1v) is 4.73. The van der Waals surface area contributed by atoms with Gasteiger partial charge in [-0.1, -0.05) is 19.1 Å². The third-order valence-electron chi connectivity index (χ3n) is 2.08. The summed E-state index contributed by atoms with van der Waals surface area (Å²) in [5.41, 5.74) is 0.698. The van der Waals surface area contributed by atoms with Crippen LogP contribution in [0.2, 0.25) is 0 Å². The number of carboxylic acids is 1. The van der Waals surface area contributed by atoms with E-state index in [1.54, 1.807) is 13.0 Å². The summed E-state index contributed by atoms with van der Waals surface area (Å²) in [4.78, 5) is 20.8. The largest absolute Gasteiger partial charge is 0.478 e. The lowest BCUT2D eigenvalue weighted by atomic mass is 10.1. The lowest BCUT2D eigenvalue weighted by Crippen LogP contribution is -1.98. The minimum Gasteiger partial charge on any atom is -0.478 e. The first-order valence-electron chi connectivity index (χ1n) is 4.73. The van der Waals surface area contributed by atoms with Gasteiger partial charge in [0.15, 0.2) is 0 Å². The van der Waals surface area contributed by atoms with Crippen LogP contribution in [0.1, 0.15) is 18.9 Å². The molecule has 1 rings (SSSR count). The molecule has 84 valence electrons. The summed E-state index contributed by atoms with van der Waals surface area (Å²) in [6.45, 7) is 1.72. The smallest absolute Gasteiger partial charge is 0.331 e. The van der Waals surface area contributed by atoms with Gasteiger partial charge in [-0.05, 0) is 18.1 Å². The molecule has 0 bridgehead atoms. The van der Waals surface area contributed by atoms with Crippen LogP contribution < -0.4 is 0 Å². The van der Waals surface area contributed by atoms with Gasteiger partial charge in [-0.3, -0.25) is 10.1 Å². The van der Waals surface area contributed by atoms with Crippen molar-refractivity contribution in [2.45, 2.75) is 13.3 Å². The quantitative estimate of drug-likeness (QED) is 0.481. The molecular formula is C11H11NO4. The molecule has 0 unspecified atom stereocenters. The zero-order valence-corrected chi connectivity index (χ0v) is 8.71. The second-order valence-corrected chi connectivity index (χ2v) is 3.18. The molecule has 0 saturated carbocycles. The molecular weight excluding hydrogens is 210 g/mol. The van der Waals surface area contributed by atoms with Crippen LogP contribution in [-0.4, -0.2) is 16.0 Å². The fourth-order valence-corrected chi connectivity index (χ4v) is 1.24. The summed E-state index contributed by atoms with van der Waals surface area (Å²) in [5, 5.41) is 19.3. The van der Waals surface area contributed by atoms with Crippen molar-refractivity contribution >= 4 is 17.7 Å². The zero-order valence-electron chi connectivity index (χ0n) is 8.71. The first-order chi connectivity index (χ1) is 7.54. The Morgan fingerprint density at radius 3 is 2.75 bits per heavy atom. The Balaban J connectivity index is 3.09. The number of carbonyl (C=O) groups is 1. The second kappa shape index (κ2) is 5.06. The van der Waals surface area contributed by atoms with Crippen LogP contribution in [-0.2, 0) is 4.79 Å². The molecule has 0 amide bonds. The highest BCUT2D eigenvalue weighted by atomic mass is 16.6. The number of aliphatic carboxylic acids is 1. The van der Waals surface area contributed by atoms with E-state index in [0.717, 1.165) is 0 Å². The fourth-order valence-electron chi connectivity index (χ4n) is 1.24. The summed E-state index contributed by atoms with van der Waals surface area (Å²) in [6, 6.07) is 5.87. The lowest BCUT2D eigenvalue weighted by Gasteiger charge is -1.98. The molecule has 0 aliphatic rings. The number of carboxylic acid groups (broad SMARTS) is 1. The molecule has 1 aromatic carbocycles. The van der Waals surface area contributed by atoms with Crippen LogP contribution >= 0.6 is 0 Å². The number of hydrogen-bond donors (Lipinski definition) is 1. The number of rotatable bonds is 4. The molecule has 5 heteroatoms. The number of nitro groups is 1. The maximum Gasteiger partial charge on any atom is 0.331 e. The van der Waals surface area contributed by atoms with Crippen LogP contribution in [0.15, 0.2) is 29.8 Å². The molecule has 0 saturated heterocycles. The van der Waals surface area contributed by atoms with Crippen molar-refractivity contribution < 1.29 is 14.8 Å². The van der Waals surface area contributed by atoms with E-state index in [9.17, 15) is 14.9 Å². The van der Waals surface area contributed by atoms with E-state index in [4.69, 9.17) is 5.11 Å². The first kappa shape index (κ1) is 11.9. The van der Waals surface area contributed by atoms with Crippen molar-refractivity contribution in [3.63, 3.8) is 0 Å². The van der Waals surface area contributed by atoms with Crippen molar-refractivity contribution in [3.8, 4) is 0 Å². The Morgan fingerprint density at radius 1 is 1.56 bits per heavy atom. The van der Waals surface area contributed by atoms with Gasteiger partial charge >= 0.3 is 5.97 Å². The molecule has 0 heterocycles. The van der Waals surface area contributed by atoms with Gasteiger partial charge in [0, 0.05) is 17.7 Å². The topological polar surface area (TPSA) is 80.4 Å². The van der Waals surface area contributed by atoms with E-state index in [2.05, 4.69) is 0 Å². The highest BCUT2D eigenvalue weighted by Gasteiger charge is 2.07. The van der Waals surface area contributed by atoms with Gasteiger partial charge < -0.3 is 5.11 Å². The zero-order chi connectivity index (χ0) is 12.1. The number of benzene rings is 1. The molecule has 5 nitrogen and oxygen atoms in total. The third kappa shape index (κ3) is 2.91. The van der Waals surface area contributed by atoms with Crippen molar-refractivity contribution in [2.24, 2.45) is 0 Å². The molecule has 0 aliphatic heterocycles. The van der Waals surface area contributed by atoms with E-state index in [-0.39, 0.29) is 11.3 Å². The van der Waals surface area contributed by atoms with E-state index in [1.165, 1.54) is 24.3 Å². The van der Waals surface area contributed by atoms with E-state index in [1.807, 2.05) is 0 Å². The molecule has 0 atom stereocenters. The summed E-state index contributed by atoms with van der Waals surface area (Å²) in [5.74, 6) is -1.01. The average Bonchev–Trinajstić information content (AvgIpc) is 2.25. The molecule has 0 aromatic heterocycles. The Hall–Kier alpha value is -2.17. The SMILES string of the molecule is CC/C(=C/c1cccc([N+](=O)[O-])c1)C(=O)O. The standard InChI is InChI=1S/C11H11NO4/c1-2-9(11(13)14)6-8-4-3-5-10(7-8)12(15)16/h3-7H,2H2,1H3,(H,13,14)/b9-6-. The van der Waals surface area contributed by atoms with Gasteiger partial charge in [0.05, 0.1) is 4.92 Å². The third-order valence-corrected chi connectivity index (χ3v) is 2.08. The summed E-state index contributed by atoms with van der Waals surface area (Å²) in [6.07, 6.45) is 1.81. The summed E-state index contributed by atoms with van der Waals surface area (Å²) >= 11 is 0. The molecule has 16 heavy (non-hydrogen) atoms. The highest BCUT2D eigenvalue weighted by Crippen LogP contribution is 2.16. The van der Waals surface area contributed by atoms with Gasteiger partial charge in [0.2, 0.25) is 0 Å². The van der Waals surface area contributed by atoms with Crippen LogP contribution in [0.25, 0.3) is 6.08 Å². The van der Waals surface area contributed by atoms with Crippen LogP contribution in [0, 0.1) is 10.1 Å². The van der Waals surface area contributed by atoms with Crippen molar-refractivity contribution in [2.75, 3.05) is 0 Å². The highest BCUT2D eigenvalue weighted by molar-refractivity contribution is 5.92. The van der Waals surface area contributed by atoms with Crippen LogP contribution in [0.5, 0.6) is 0 Å². The number of nitro benzene ring substituents is 1. The van der Waals surface area contributed by atoms with Crippen molar-refractivity contribution in [3.05, 3.63) is 45.5 Å². The average molecular weight is 221 g/mol. The van der Waals surface area contributed by atoms with Crippen molar-refractivity contribution in [1.29, 1.82) is 0 Å². The molecule has 0 spiro atoms. The Labute approximate surface area is 92.2 Å². The fraction of sp³-hybridized carbons (Fsp3) is 0.182. The Bertz CT molecular complexity index is 451. The predicted molar refractivity (Wildman–Crippen MR) is 59.0 cm³/mol. The van der Waals surface area contributed by atoms with Gasteiger partial charge in [0.25, 0.3) is 5.69 Å². The number of nitrogens with zero attached hydrogens (tertiary/aromatic N) is 1. The van der Waals surface area contributed by atoms with E-state index < -0.39 is 10.9 Å². The molecule has 1 aromatic rings. The van der Waals surface area contributed by atoms with Gasteiger partial charge in [-0.25, -0.2) is 4.79 Å². The molecule has 0 fully saturated rings. The minimum absolute atomic E-state index is 0.0467. The number of hydrogen-bond acceptors (Lipinski definition) is 3. The molecule has 0 radical (unpaired) electrons. The van der Waals surface area contributed by atoms with Gasteiger partial charge in [-0.15, -0.1) is 0 Å². The lowest BCUT2D eigenvalue weighted by molar-refractivity contribution is -0.384. The van der Waals surface area contributed by atoms with Gasteiger partial charge in [-0.2, -0.15) is 0 Å². The maximum absolute atomic E-state index is 10.8. The van der Waals surface area contributed by atoms with E-state index in [0.29, 0.717) is 12.0 Å². The summed E-state index contributed by atoms with van der Waals surface area (Å²) < 4.78 is 0. The predicted octanol–water partition coefficient (Wildman–Crippen LogP) is 2.47. The number of non-ortho nitro benzene ring substituents is 1. The second-order valence-electron chi connectivity index (χ2n) is 3.18. The monoisotopic (exact) mass is 221 g/mol. The molecule has 1 N–H and O–H groups in total.